The summed E-state index contributed by atoms with van der Waals surface area (Å²) in [6.07, 6.45) is -0.423. The van der Waals surface area contributed by atoms with Gasteiger partial charge < -0.3 is 14.7 Å². The third-order valence-corrected chi connectivity index (χ3v) is 5.44. The highest BCUT2D eigenvalue weighted by Gasteiger charge is 2.17. The van der Waals surface area contributed by atoms with Gasteiger partial charge in [0.15, 0.2) is 0 Å². The third kappa shape index (κ3) is 8.93. The smallest absolute Gasteiger partial charge is 0.294 e. The molecule has 1 saturated heterocycles. The monoisotopic (exact) mass is 422 g/mol. The van der Waals surface area contributed by atoms with Gasteiger partial charge in [0, 0.05) is 32.7 Å². The van der Waals surface area contributed by atoms with Gasteiger partial charge in [-0.25, -0.2) is 0 Å². The molecule has 1 heterocycles. The maximum atomic E-state index is 10.5. The standard InChI is InChI=1S/C14H22N2O2.C7H8O3S/c1-15-7-9-16(10-8-15)11-13(17)12-18-14-5-3-2-4-6-14;1-6-2-4-7(5-3-6)11(8,9)10/h2-6,13,17H,7-12H2,1H3;2-5H,1H3,(H,8,9,10). The quantitative estimate of drug-likeness (QED) is 0.688. The molecule has 1 aliphatic rings. The van der Waals surface area contributed by atoms with Gasteiger partial charge in [-0.15, -0.1) is 0 Å². The molecule has 2 aromatic rings. The van der Waals surface area contributed by atoms with Gasteiger partial charge in [-0.05, 0) is 38.2 Å². The zero-order valence-corrected chi connectivity index (χ0v) is 17.8. The molecule has 1 aliphatic heterocycles. The minimum Gasteiger partial charge on any atom is -0.491 e. The van der Waals surface area contributed by atoms with E-state index in [9.17, 15) is 13.5 Å². The zero-order chi connectivity index (χ0) is 21.3. The van der Waals surface area contributed by atoms with E-state index in [1.807, 2.05) is 37.3 Å². The number of aryl methyl sites for hydroxylation is 1. The van der Waals surface area contributed by atoms with Gasteiger partial charge in [0.2, 0.25) is 0 Å². The van der Waals surface area contributed by atoms with E-state index < -0.39 is 16.2 Å². The van der Waals surface area contributed by atoms with Crippen molar-refractivity contribution in [1.82, 2.24) is 9.80 Å². The number of ether oxygens (including phenoxy) is 1. The molecule has 2 aromatic carbocycles. The molecule has 7 nitrogen and oxygen atoms in total. The van der Waals surface area contributed by atoms with E-state index in [1.54, 1.807) is 12.1 Å². The zero-order valence-electron chi connectivity index (χ0n) is 16.9. The number of para-hydroxylation sites is 1. The fraction of sp³-hybridized carbons (Fsp3) is 0.429. The lowest BCUT2D eigenvalue weighted by Gasteiger charge is -2.33. The van der Waals surface area contributed by atoms with Crippen LogP contribution in [0.1, 0.15) is 5.56 Å². The summed E-state index contributed by atoms with van der Waals surface area (Å²) >= 11 is 0. The summed E-state index contributed by atoms with van der Waals surface area (Å²) in [6, 6.07) is 15.6. The van der Waals surface area contributed by atoms with Crippen LogP contribution in [-0.4, -0.2) is 80.4 Å². The molecule has 0 saturated carbocycles. The Kier molecular flexibility index (Phi) is 9.06. The van der Waals surface area contributed by atoms with Crippen LogP contribution < -0.4 is 4.74 Å². The van der Waals surface area contributed by atoms with E-state index in [-0.39, 0.29) is 4.90 Å². The Morgan fingerprint density at radius 3 is 2.14 bits per heavy atom. The first-order valence-corrected chi connectivity index (χ1v) is 11.0. The fourth-order valence-electron chi connectivity index (χ4n) is 2.80. The van der Waals surface area contributed by atoms with Crippen LogP contribution in [0.4, 0.5) is 0 Å². The first kappa shape index (κ1) is 23.3. The average molecular weight is 423 g/mol. The number of piperazine rings is 1. The highest BCUT2D eigenvalue weighted by Crippen LogP contribution is 2.10. The van der Waals surface area contributed by atoms with Crippen LogP contribution in [0.3, 0.4) is 0 Å². The predicted molar refractivity (Wildman–Crippen MR) is 113 cm³/mol. The van der Waals surface area contributed by atoms with Crippen molar-refractivity contribution in [2.45, 2.75) is 17.9 Å². The number of hydrogen-bond donors (Lipinski definition) is 2. The van der Waals surface area contributed by atoms with E-state index in [1.165, 1.54) is 12.1 Å². The summed E-state index contributed by atoms with van der Waals surface area (Å²) in [5, 5.41) is 9.95. The Morgan fingerprint density at radius 1 is 1.00 bits per heavy atom. The van der Waals surface area contributed by atoms with Crippen LogP contribution in [0.15, 0.2) is 59.5 Å². The number of aliphatic hydroxyl groups excluding tert-OH is 1. The van der Waals surface area contributed by atoms with E-state index in [0.717, 1.165) is 37.5 Å². The molecular weight excluding hydrogens is 392 g/mol. The van der Waals surface area contributed by atoms with Crippen molar-refractivity contribution in [3.8, 4) is 5.75 Å². The van der Waals surface area contributed by atoms with Crippen molar-refractivity contribution in [3.05, 3.63) is 60.2 Å². The number of aliphatic hydroxyl groups is 1. The topological polar surface area (TPSA) is 90.3 Å². The molecule has 0 bridgehead atoms. The Bertz CT molecular complexity index is 820. The van der Waals surface area contributed by atoms with Gasteiger partial charge >= 0.3 is 0 Å². The Balaban J connectivity index is 0.000000234. The van der Waals surface area contributed by atoms with Crippen molar-refractivity contribution < 1.29 is 22.8 Å². The first-order valence-electron chi connectivity index (χ1n) is 9.55. The van der Waals surface area contributed by atoms with E-state index in [2.05, 4.69) is 16.8 Å². The summed E-state index contributed by atoms with van der Waals surface area (Å²) in [5.41, 5.74) is 0.956. The van der Waals surface area contributed by atoms with Gasteiger partial charge in [0.05, 0.1) is 4.90 Å². The van der Waals surface area contributed by atoms with Crippen molar-refractivity contribution in [2.75, 3.05) is 46.4 Å². The molecule has 0 spiro atoms. The molecule has 0 aliphatic carbocycles. The lowest BCUT2D eigenvalue weighted by molar-refractivity contribution is 0.0505. The fourth-order valence-corrected chi connectivity index (χ4v) is 3.28. The Morgan fingerprint density at radius 2 is 1.59 bits per heavy atom. The van der Waals surface area contributed by atoms with Crippen LogP contribution in [0.2, 0.25) is 0 Å². The highest BCUT2D eigenvalue weighted by atomic mass is 32.2. The second-order valence-corrected chi connectivity index (χ2v) is 8.59. The van der Waals surface area contributed by atoms with Crippen molar-refractivity contribution in [1.29, 1.82) is 0 Å². The summed E-state index contributed by atoms with van der Waals surface area (Å²) in [6.45, 7) is 7.10. The molecule has 160 valence electrons. The minimum absolute atomic E-state index is 0.0666. The van der Waals surface area contributed by atoms with Crippen molar-refractivity contribution in [3.63, 3.8) is 0 Å². The molecule has 1 fully saturated rings. The van der Waals surface area contributed by atoms with Crippen molar-refractivity contribution >= 4 is 10.1 Å². The number of rotatable bonds is 6. The van der Waals surface area contributed by atoms with E-state index in [0.29, 0.717) is 13.2 Å². The largest absolute Gasteiger partial charge is 0.491 e. The van der Waals surface area contributed by atoms with Crippen LogP contribution in [0.25, 0.3) is 0 Å². The number of hydrogen-bond acceptors (Lipinski definition) is 6. The maximum Gasteiger partial charge on any atom is 0.294 e. The van der Waals surface area contributed by atoms with Crippen LogP contribution >= 0.6 is 0 Å². The molecule has 1 atom stereocenters. The number of benzene rings is 2. The van der Waals surface area contributed by atoms with E-state index in [4.69, 9.17) is 9.29 Å². The minimum atomic E-state index is -4.02. The lowest BCUT2D eigenvalue weighted by atomic mass is 10.2. The van der Waals surface area contributed by atoms with E-state index >= 15 is 0 Å². The van der Waals surface area contributed by atoms with Crippen LogP contribution in [-0.2, 0) is 10.1 Å². The molecule has 3 rings (SSSR count). The van der Waals surface area contributed by atoms with Gasteiger partial charge in [0.1, 0.15) is 18.5 Å². The van der Waals surface area contributed by atoms with Gasteiger partial charge in [-0.2, -0.15) is 8.42 Å². The van der Waals surface area contributed by atoms with Crippen LogP contribution in [0, 0.1) is 6.92 Å². The number of β-amino-alcohol motifs (C(OH)–C–C–N with tert-alkyl or cyclic N) is 1. The molecule has 2 N–H and O–H groups in total. The molecule has 0 amide bonds. The van der Waals surface area contributed by atoms with Crippen LogP contribution in [0.5, 0.6) is 5.75 Å². The number of nitrogens with zero attached hydrogens (tertiary/aromatic N) is 2. The Labute approximate surface area is 173 Å². The SMILES string of the molecule is CN1CCN(CC(O)COc2ccccc2)CC1.Cc1ccc(S(=O)(=O)O)cc1. The third-order valence-electron chi connectivity index (χ3n) is 4.57. The molecule has 0 aromatic heterocycles. The summed E-state index contributed by atoms with van der Waals surface area (Å²) < 4.78 is 35.1. The molecular formula is C21H30N2O5S. The highest BCUT2D eigenvalue weighted by molar-refractivity contribution is 7.85. The molecule has 8 heteroatoms. The second kappa shape index (κ2) is 11.3. The van der Waals surface area contributed by atoms with Crippen molar-refractivity contribution in [2.24, 2.45) is 0 Å². The second-order valence-electron chi connectivity index (χ2n) is 7.17. The lowest BCUT2D eigenvalue weighted by Crippen LogP contribution is -2.47. The molecule has 1 unspecified atom stereocenters. The average Bonchev–Trinajstić information content (AvgIpc) is 2.69. The number of likely N-dealkylation sites (N-methyl/N-ethyl adjacent to an activating group) is 1. The molecule has 0 radical (unpaired) electrons. The van der Waals surface area contributed by atoms with Gasteiger partial charge in [-0.1, -0.05) is 35.9 Å². The summed E-state index contributed by atoms with van der Waals surface area (Å²) in [5.74, 6) is 0.815. The summed E-state index contributed by atoms with van der Waals surface area (Å²) in [4.78, 5) is 4.53. The predicted octanol–water partition coefficient (Wildman–Crippen LogP) is 1.92. The Hall–Kier alpha value is -1.97. The van der Waals surface area contributed by atoms with Gasteiger partial charge in [-0.3, -0.25) is 9.45 Å². The first-order chi connectivity index (χ1) is 13.7. The molecule has 29 heavy (non-hydrogen) atoms. The summed E-state index contributed by atoms with van der Waals surface area (Å²) in [7, 11) is -1.89. The maximum absolute atomic E-state index is 10.5. The van der Waals surface area contributed by atoms with Gasteiger partial charge in [0.25, 0.3) is 10.1 Å². The normalized spacial score (nSPS) is 16.6.